The van der Waals surface area contributed by atoms with Gasteiger partial charge in [-0.1, -0.05) is 32.0 Å². The van der Waals surface area contributed by atoms with Gasteiger partial charge in [0.15, 0.2) is 0 Å². The van der Waals surface area contributed by atoms with Crippen molar-refractivity contribution >= 4 is 23.5 Å². The van der Waals surface area contributed by atoms with E-state index in [0.717, 1.165) is 5.69 Å². The number of nitrogens with zero attached hydrogens (tertiary/aromatic N) is 2. The first-order valence-electron chi connectivity index (χ1n) is 10.7. The summed E-state index contributed by atoms with van der Waals surface area (Å²) in [5, 5.41) is 0. The number of fused-ring (bicyclic) bond motifs is 1. The molecule has 0 bridgehead atoms. The lowest BCUT2D eigenvalue weighted by atomic mass is 9.77. The van der Waals surface area contributed by atoms with E-state index in [2.05, 4.69) is 19.9 Å². The Morgan fingerprint density at radius 2 is 1.86 bits per heavy atom. The lowest BCUT2D eigenvalue weighted by molar-refractivity contribution is -0.151. The summed E-state index contributed by atoms with van der Waals surface area (Å²) < 4.78 is 5.08. The highest BCUT2D eigenvalue weighted by Gasteiger charge is 2.36. The van der Waals surface area contributed by atoms with Crippen LogP contribution in [0.25, 0.3) is 0 Å². The summed E-state index contributed by atoms with van der Waals surface area (Å²) in [5.41, 5.74) is 1.99. The van der Waals surface area contributed by atoms with Crippen LogP contribution in [-0.4, -0.2) is 48.9 Å². The van der Waals surface area contributed by atoms with E-state index in [-0.39, 0.29) is 29.1 Å². The van der Waals surface area contributed by atoms with E-state index in [4.69, 9.17) is 4.74 Å². The highest BCUT2D eigenvalue weighted by atomic mass is 16.5. The molecule has 3 rings (SSSR count). The molecule has 0 unspecified atom stereocenters. The fourth-order valence-electron chi connectivity index (χ4n) is 4.40. The number of rotatable bonds is 6. The van der Waals surface area contributed by atoms with Crippen LogP contribution in [-0.2, 0) is 24.5 Å². The molecule has 158 valence electrons. The fraction of sp³-hybridized carbons (Fsp3) is 0.609. The Bertz CT molecular complexity index is 766. The van der Waals surface area contributed by atoms with Gasteiger partial charge < -0.3 is 14.5 Å². The molecule has 0 aliphatic carbocycles. The molecule has 0 atom stereocenters. The maximum atomic E-state index is 12.7. The van der Waals surface area contributed by atoms with Crippen LogP contribution in [0.15, 0.2) is 24.3 Å². The molecule has 0 aromatic heterocycles. The molecule has 6 heteroatoms. The van der Waals surface area contributed by atoms with Gasteiger partial charge in [0.05, 0.1) is 12.5 Å². The topological polar surface area (TPSA) is 66.9 Å². The number of likely N-dealkylation sites (tertiary alicyclic amines) is 1. The van der Waals surface area contributed by atoms with Crippen molar-refractivity contribution in [1.82, 2.24) is 4.90 Å². The zero-order valence-corrected chi connectivity index (χ0v) is 17.8. The molecular formula is C23H32N2O4. The molecule has 0 N–H and O–H groups in total. The molecule has 2 heterocycles. The average molecular weight is 401 g/mol. The zero-order chi connectivity index (χ0) is 21.0. The van der Waals surface area contributed by atoms with Crippen LogP contribution in [0.5, 0.6) is 0 Å². The quantitative estimate of drug-likeness (QED) is 0.688. The average Bonchev–Trinajstić information content (AvgIpc) is 2.70. The second kappa shape index (κ2) is 8.97. The second-order valence-electron chi connectivity index (χ2n) is 8.63. The molecule has 6 nitrogen and oxygen atoms in total. The van der Waals surface area contributed by atoms with Gasteiger partial charge in [-0.15, -0.1) is 0 Å². The number of benzene rings is 1. The Kier molecular flexibility index (Phi) is 6.60. The predicted molar refractivity (Wildman–Crippen MR) is 112 cm³/mol. The second-order valence-corrected chi connectivity index (χ2v) is 8.63. The van der Waals surface area contributed by atoms with Gasteiger partial charge in [-0.3, -0.25) is 14.4 Å². The van der Waals surface area contributed by atoms with Gasteiger partial charge in [-0.2, -0.15) is 0 Å². The summed E-state index contributed by atoms with van der Waals surface area (Å²) in [5.74, 6) is -0.0172. The number of carbonyl (C=O) groups is 3. The number of ether oxygens (including phenoxy) is 1. The summed E-state index contributed by atoms with van der Waals surface area (Å²) in [6, 6.07) is 8.06. The van der Waals surface area contributed by atoms with Crippen LogP contribution in [0, 0.1) is 5.92 Å². The first-order chi connectivity index (χ1) is 13.8. The van der Waals surface area contributed by atoms with Crippen molar-refractivity contribution in [3.05, 3.63) is 29.8 Å². The fourth-order valence-corrected chi connectivity index (χ4v) is 4.40. The summed E-state index contributed by atoms with van der Waals surface area (Å²) in [4.78, 5) is 40.8. The molecule has 1 fully saturated rings. The standard InChI is InChI=1S/C23H32N2O4/c1-4-29-22(28)17-11-14-24(15-12-17)20(26)10-7-13-25-19-9-6-5-8-18(19)23(2,3)16-21(25)27/h5-6,8-9,17H,4,7,10-16H2,1-3H3. The van der Waals surface area contributed by atoms with E-state index in [0.29, 0.717) is 58.3 Å². The third-order valence-electron chi connectivity index (χ3n) is 6.06. The Morgan fingerprint density at radius 3 is 2.55 bits per heavy atom. The van der Waals surface area contributed by atoms with Gasteiger partial charge in [0.1, 0.15) is 0 Å². The largest absolute Gasteiger partial charge is 0.466 e. The molecule has 1 aromatic rings. The number of hydrogen-bond acceptors (Lipinski definition) is 4. The molecular weight excluding hydrogens is 368 g/mol. The van der Waals surface area contributed by atoms with Gasteiger partial charge in [0.25, 0.3) is 0 Å². The normalized spacial score (nSPS) is 19.1. The van der Waals surface area contributed by atoms with Crippen molar-refractivity contribution in [2.45, 2.75) is 58.3 Å². The van der Waals surface area contributed by atoms with Crippen molar-refractivity contribution in [3.8, 4) is 0 Å². The summed E-state index contributed by atoms with van der Waals surface area (Å²) in [6.45, 7) is 8.16. The smallest absolute Gasteiger partial charge is 0.309 e. The van der Waals surface area contributed by atoms with Gasteiger partial charge >= 0.3 is 5.97 Å². The lowest BCUT2D eigenvalue weighted by Crippen LogP contribution is -2.43. The minimum Gasteiger partial charge on any atom is -0.466 e. The maximum absolute atomic E-state index is 12.7. The molecule has 2 aliphatic rings. The number of hydrogen-bond donors (Lipinski definition) is 0. The van der Waals surface area contributed by atoms with E-state index >= 15 is 0 Å². The highest BCUT2D eigenvalue weighted by molar-refractivity contribution is 5.97. The first-order valence-corrected chi connectivity index (χ1v) is 10.7. The van der Waals surface area contributed by atoms with Crippen molar-refractivity contribution in [1.29, 1.82) is 0 Å². The summed E-state index contributed by atoms with van der Waals surface area (Å²) in [7, 11) is 0. The van der Waals surface area contributed by atoms with Gasteiger partial charge in [0, 0.05) is 43.6 Å². The molecule has 0 spiro atoms. The van der Waals surface area contributed by atoms with Crippen LogP contribution < -0.4 is 4.90 Å². The Hall–Kier alpha value is -2.37. The minimum absolute atomic E-state index is 0.0928. The molecule has 2 aliphatic heterocycles. The van der Waals surface area contributed by atoms with E-state index in [9.17, 15) is 14.4 Å². The third kappa shape index (κ3) is 4.80. The Balaban J connectivity index is 1.51. The van der Waals surface area contributed by atoms with Crippen LogP contribution >= 0.6 is 0 Å². The van der Waals surface area contributed by atoms with Crippen molar-refractivity contribution < 1.29 is 19.1 Å². The maximum Gasteiger partial charge on any atom is 0.309 e. The molecule has 0 saturated carbocycles. The predicted octanol–water partition coefficient (Wildman–Crippen LogP) is 3.28. The van der Waals surface area contributed by atoms with Crippen molar-refractivity contribution in [2.75, 3.05) is 31.1 Å². The highest BCUT2D eigenvalue weighted by Crippen LogP contribution is 2.40. The van der Waals surface area contributed by atoms with Crippen LogP contribution in [0.2, 0.25) is 0 Å². The van der Waals surface area contributed by atoms with Crippen LogP contribution in [0.3, 0.4) is 0 Å². The van der Waals surface area contributed by atoms with Gasteiger partial charge in [0.2, 0.25) is 11.8 Å². The number of piperidine rings is 1. The van der Waals surface area contributed by atoms with E-state index in [1.165, 1.54) is 5.56 Å². The molecule has 2 amide bonds. The Labute approximate surface area is 173 Å². The zero-order valence-electron chi connectivity index (χ0n) is 17.8. The molecule has 1 saturated heterocycles. The number of para-hydroxylation sites is 1. The summed E-state index contributed by atoms with van der Waals surface area (Å²) in [6.07, 6.45) is 2.87. The van der Waals surface area contributed by atoms with Crippen molar-refractivity contribution in [2.24, 2.45) is 5.92 Å². The Morgan fingerprint density at radius 1 is 1.17 bits per heavy atom. The third-order valence-corrected chi connectivity index (χ3v) is 6.06. The van der Waals surface area contributed by atoms with Gasteiger partial charge in [-0.25, -0.2) is 0 Å². The van der Waals surface area contributed by atoms with Gasteiger partial charge in [-0.05, 0) is 37.8 Å². The van der Waals surface area contributed by atoms with E-state index in [1.807, 2.05) is 34.9 Å². The number of esters is 1. The molecule has 0 radical (unpaired) electrons. The first kappa shape index (κ1) is 21.3. The molecule has 29 heavy (non-hydrogen) atoms. The number of amides is 2. The minimum atomic E-state index is -0.163. The van der Waals surface area contributed by atoms with Crippen LogP contribution in [0.1, 0.15) is 58.4 Å². The van der Waals surface area contributed by atoms with E-state index < -0.39 is 0 Å². The summed E-state index contributed by atoms with van der Waals surface area (Å²) >= 11 is 0. The number of anilines is 1. The van der Waals surface area contributed by atoms with E-state index in [1.54, 1.807) is 0 Å². The lowest BCUT2D eigenvalue weighted by Gasteiger charge is -2.38. The SMILES string of the molecule is CCOC(=O)C1CCN(C(=O)CCCN2C(=O)CC(C)(C)c3ccccc32)CC1. The van der Waals surface area contributed by atoms with Crippen molar-refractivity contribution in [3.63, 3.8) is 0 Å². The molecule has 1 aromatic carbocycles. The van der Waals surface area contributed by atoms with Crippen LogP contribution in [0.4, 0.5) is 5.69 Å². The number of carbonyl (C=O) groups excluding carboxylic acids is 3. The monoisotopic (exact) mass is 400 g/mol.